The Kier molecular flexibility index (Phi) is 12.7. The number of nitrogens with zero attached hydrogens (tertiary/aromatic N) is 1. The molecule has 0 unspecified atom stereocenters. The fraction of sp³-hybridized carbons (Fsp3) is 0.350. The van der Waals surface area contributed by atoms with Crippen molar-refractivity contribution in [3.63, 3.8) is 0 Å². The monoisotopic (exact) mass is 754 g/mol. The van der Waals surface area contributed by atoms with Gasteiger partial charge in [-0.2, -0.15) is 4.31 Å². The van der Waals surface area contributed by atoms with Crippen molar-refractivity contribution in [2.75, 3.05) is 24.3 Å². The van der Waals surface area contributed by atoms with Gasteiger partial charge in [-0.3, -0.25) is 9.59 Å². The molecule has 53 heavy (non-hydrogen) atoms. The standard InChI is InChI=1S/C40H45BN3O7S2/c1-6-41-39(48)40(3,4)44(7-2)53(49,50)31-12-10-11-29(25-31)35(45)43-37-34(32-13-8-9-14-33(32)52-37)36(46)42-30-23-19-27(20-24-30)16-15-26-17-21-28(22-18-26)38(47)51-5/h10-12,17-25H,6-9,13-16H2,1-5H3,(H,42,46)(H,43,45). The first-order chi connectivity index (χ1) is 25.3. The second-order valence-electron chi connectivity index (χ2n) is 13.4. The molecule has 5 rings (SSSR count). The summed E-state index contributed by atoms with van der Waals surface area (Å²) in [5, 5.41) is 6.34. The molecule has 1 aromatic heterocycles. The van der Waals surface area contributed by atoms with Gasteiger partial charge < -0.3 is 20.2 Å². The van der Waals surface area contributed by atoms with E-state index < -0.39 is 21.5 Å². The molecule has 1 aliphatic carbocycles. The first-order valence-corrected chi connectivity index (χ1v) is 20.1. The zero-order chi connectivity index (χ0) is 38.3. The maximum atomic E-state index is 13.9. The minimum absolute atomic E-state index is 0.0606. The number of carbonyl (C=O) groups is 4. The summed E-state index contributed by atoms with van der Waals surface area (Å²) in [6.07, 6.45) is 5.47. The van der Waals surface area contributed by atoms with Crippen LogP contribution in [0.2, 0.25) is 6.32 Å². The molecule has 1 aliphatic rings. The summed E-state index contributed by atoms with van der Waals surface area (Å²) in [6, 6.07) is 20.7. The lowest BCUT2D eigenvalue weighted by Gasteiger charge is -2.35. The van der Waals surface area contributed by atoms with E-state index in [-0.39, 0.29) is 34.6 Å². The molecule has 4 aromatic rings. The number of sulfonamides is 1. The first-order valence-electron chi connectivity index (χ1n) is 17.8. The maximum Gasteiger partial charge on any atom is 0.337 e. The van der Waals surface area contributed by atoms with Crippen LogP contribution in [0.25, 0.3) is 0 Å². The number of amides is 2. The highest BCUT2D eigenvalue weighted by atomic mass is 32.2. The van der Waals surface area contributed by atoms with E-state index in [9.17, 15) is 27.6 Å². The molecule has 1 heterocycles. The zero-order valence-corrected chi connectivity index (χ0v) is 32.4. The van der Waals surface area contributed by atoms with Crippen molar-refractivity contribution in [3.8, 4) is 0 Å². The number of nitrogens with one attached hydrogen (secondary N) is 2. The molecule has 0 atom stereocenters. The van der Waals surface area contributed by atoms with Crippen molar-refractivity contribution in [1.29, 1.82) is 0 Å². The number of methoxy groups -OCH3 is 1. The number of thiophene rings is 1. The number of fused-ring (bicyclic) bond motifs is 1. The number of ether oxygens (including phenoxy) is 1. The molecule has 13 heteroatoms. The summed E-state index contributed by atoms with van der Waals surface area (Å²) in [4.78, 5) is 53.1. The number of hydrogen-bond donors (Lipinski definition) is 2. The van der Waals surface area contributed by atoms with Gasteiger partial charge in [0.15, 0.2) is 0 Å². The van der Waals surface area contributed by atoms with E-state index in [0.29, 0.717) is 34.6 Å². The smallest absolute Gasteiger partial charge is 0.337 e. The van der Waals surface area contributed by atoms with Crippen LogP contribution in [0.5, 0.6) is 0 Å². The normalized spacial score (nSPS) is 12.9. The van der Waals surface area contributed by atoms with Crippen LogP contribution in [-0.4, -0.2) is 62.7 Å². The molecule has 2 amide bonds. The minimum atomic E-state index is -4.15. The van der Waals surface area contributed by atoms with Gasteiger partial charge in [0.05, 0.1) is 28.7 Å². The third-order valence-electron chi connectivity index (χ3n) is 9.50. The van der Waals surface area contributed by atoms with Gasteiger partial charge in [0.1, 0.15) is 10.7 Å². The Balaban J connectivity index is 1.31. The van der Waals surface area contributed by atoms with Gasteiger partial charge in [-0.15, -0.1) is 11.3 Å². The van der Waals surface area contributed by atoms with Gasteiger partial charge in [-0.1, -0.05) is 50.5 Å². The Labute approximate surface area is 316 Å². The lowest BCUT2D eigenvalue weighted by molar-refractivity contribution is -0.119. The number of rotatable bonds is 15. The van der Waals surface area contributed by atoms with E-state index in [1.54, 1.807) is 32.9 Å². The second kappa shape index (κ2) is 17.0. The highest BCUT2D eigenvalue weighted by molar-refractivity contribution is 7.89. The highest BCUT2D eigenvalue weighted by Gasteiger charge is 2.41. The van der Waals surface area contributed by atoms with E-state index in [1.807, 2.05) is 43.3 Å². The van der Waals surface area contributed by atoms with Crippen LogP contribution in [0.15, 0.2) is 77.7 Å². The average Bonchev–Trinajstić information content (AvgIpc) is 3.52. The summed E-state index contributed by atoms with van der Waals surface area (Å²) in [6.45, 7) is 6.71. The Morgan fingerprint density at radius 1 is 0.849 bits per heavy atom. The predicted octanol–water partition coefficient (Wildman–Crippen LogP) is 7.16. The van der Waals surface area contributed by atoms with Crippen molar-refractivity contribution in [3.05, 3.63) is 111 Å². The number of anilines is 2. The van der Waals surface area contributed by atoms with Crippen LogP contribution in [0.4, 0.5) is 10.7 Å². The van der Waals surface area contributed by atoms with Crippen molar-refractivity contribution in [2.24, 2.45) is 0 Å². The number of carbonyl (C=O) groups excluding carboxylic acids is 4. The largest absolute Gasteiger partial charge is 0.465 e. The van der Waals surface area contributed by atoms with Crippen LogP contribution in [0, 0.1) is 0 Å². The van der Waals surface area contributed by atoms with E-state index in [2.05, 4.69) is 10.6 Å². The SMILES string of the molecule is CC[B]C(=O)C(C)(C)N(CC)S(=O)(=O)c1cccc(C(=O)Nc2sc3c(c2C(=O)Nc2ccc(CCc4ccc(C(=O)OC)cc4)cc2)CCCC3)c1. The van der Waals surface area contributed by atoms with Gasteiger partial charge in [0.25, 0.3) is 11.8 Å². The van der Waals surface area contributed by atoms with Gasteiger partial charge in [0, 0.05) is 22.7 Å². The molecule has 277 valence electrons. The number of esters is 1. The summed E-state index contributed by atoms with van der Waals surface area (Å²) < 4.78 is 33.6. The van der Waals surface area contributed by atoms with Gasteiger partial charge in [-0.25, -0.2) is 13.2 Å². The third-order valence-corrected chi connectivity index (χ3v) is 12.9. The Morgan fingerprint density at radius 3 is 2.11 bits per heavy atom. The fourth-order valence-corrected chi connectivity index (χ4v) is 9.67. The molecule has 0 aliphatic heterocycles. The summed E-state index contributed by atoms with van der Waals surface area (Å²) in [5.74, 6) is -1.24. The predicted molar refractivity (Wildman–Crippen MR) is 210 cm³/mol. The third kappa shape index (κ3) is 8.97. The van der Waals surface area contributed by atoms with Crippen molar-refractivity contribution >= 4 is 62.8 Å². The summed E-state index contributed by atoms with van der Waals surface area (Å²) in [7, 11) is -1.32. The molecule has 2 N–H and O–H groups in total. The van der Waals surface area contributed by atoms with Gasteiger partial charge in [-0.05, 0) is 112 Å². The molecule has 0 spiro atoms. The summed E-state index contributed by atoms with van der Waals surface area (Å²) in [5.41, 5.74) is 3.13. The number of benzene rings is 3. The number of likely N-dealkylation sites (N-methyl/N-ethyl adjacent to an activating group) is 1. The van der Waals surface area contributed by atoms with Crippen molar-refractivity contribution in [1.82, 2.24) is 4.31 Å². The number of hydrogen-bond acceptors (Lipinski definition) is 8. The Morgan fingerprint density at radius 2 is 1.49 bits per heavy atom. The van der Waals surface area contributed by atoms with Crippen LogP contribution in [0.1, 0.15) is 93.2 Å². The molecule has 0 saturated carbocycles. The highest BCUT2D eigenvalue weighted by Crippen LogP contribution is 2.39. The van der Waals surface area contributed by atoms with Gasteiger partial charge in [0.2, 0.25) is 17.3 Å². The maximum absolute atomic E-state index is 13.9. The molecule has 0 bridgehead atoms. The molecule has 0 saturated heterocycles. The fourth-order valence-electron chi connectivity index (χ4n) is 6.58. The molecular weight excluding hydrogens is 709 g/mol. The Hall–Kier alpha value is -4.59. The van der Waals surface area contributed by atoms with E-state index in [0.717, 1.165) is 58.0 Å². The first kappa shape index (κ1) is 39.6. The molecule has 1 radical (unpaired) electrons. The van der Waals surface area contributed by atoms with Gasteiger partial charge >= 0.3 is 5.97 Å². The van der Waals surface area contributed by atoms with Crippen LogP contribution in [0.3, 0.4) is 0 Å². The summed E-state index contributed by atoms with van der Waals surface area (Å²) >= 11 is 1.38. The van der Waals surface area contributed by atoms with E-state index in [4.69, 9.17) is 4.74 Å². The topological polar surface area (TPSA) is 139 Å². The Bertz CT molecular complexity index is 2090. The van der Waals surface area contributed by atoms with Crippen molar-refractivity contribution < 1.29 is 32.3 Å². The zero-order valence-electron chi connectivity index (χ0n) is 30.8. The number of aryl methyl sites for hydroxylation is 3. The van der Waals surface area contributed by atoms with E-state index >= 15 is 0 Å². The average molecular weight is 755 g/mol. The van der Waals surface area contributed by atoms with Crippen LogP contribution in [-0.2, 0) is 45.2 Å². The lowest BCUT2D eigenvalue weighted by atomic mass is 9.64. The van der Waals surface area contributed by atoms with E-state index in [1.165, 1.54) is 50.0 Å². The van der Waals surface area contributed by atoms with Crippen LogP contribution >= 0.6 is 11.3 Å². The quantitative estimate of drug-likeness (QED) is 0.0970. The molecule has 0 fully saturated rings. The molecule has 3 aromatic carbocycles. The second-order valence-corrected chi connectivity index (χ2v) is 16.4. The molecular formula is C40H45BN3O7S2. The lowest BCUT2D eigenvalue weighted by Crippen LogP contribution is -2.54. The van der Waals surface area contributed by atoms with Crippen molar-refractivity contribution in [2.45, 2.75) is 83.0 Å². The minimum Gasteiger partial charge on any atom is -0.465 e. The molecule has 10 nitrogen and oxygen atoms in total. The van der Waals surface area contributed by atoms with Crippen LogP contribution < -0.4 is 10.6 Å².